The molecular weight excluding hydrogens is 769 g/mol. The number of fused-ring (bicyclic) bond motifs is 5. The summed E-state index contributed by atoms with van der Waals surface area (Å²) in [6.45, 7) is 7.89. The molecule has 5 aliphatic heterocycles. The monoisotopic (exact) mass is 819 g/mol. The van der Waals surface area contributed by atoms with Crippen molar-refractivity contribution in [3.63, 3.8) is 0 Å². The second-order valence-corrected chi connectivity index (χ2v) is 16.8. The number of para-hydroxylation sites is 1. The van der Waals surface area contributed by atoms with Gasteiger partial charge in [0.25, 0.3) is 18.2 Å². The maximum atomic E-state index is 13.8. The van der Waals surface area contributed by atoms with Crippen LogP contribution < -0.4 is 10.2 Å². The van der Waals surface area contributed by atoms with Gasteiger partial charge in [0.15, 0.2) is 0 Å². The SMILES string of the molecule is C=CCCC(C(=O)NC)N1C(=O)c2cc3c(cc2C1=O)CN(C1CCN(C(=O)C2CCN(c4ncc(C5c6[nH]c7ccccc7c6CCN5CC(F)F)cn4)CC2)CC1)C3. The van der Waals surface area contributed by atoms with Crippen LogP contribution in [0.4, 0.5) is 14.7 Å². The number of amides is 4. The van der Waals surface area contributed by atoms with Crippen molar-refractivity contribution in [2.75, 3.05) is 51.2 Å². The maximum absolute atomic E-state index is 13.8. The van der Waals surface area contributed by atoms with Gasteiger partial charge >= 0.3 is 0 Å². The summed E-state index contributed by atoms with van der Waals surface area (Å²) in [6.07, 6.45) is 7.34. The van der Waals surface area contributed by atoms with Gasteiger partial charge in [0.1, 0.15) is 6.04 Å². The molecule has 2 unspecified atom stereocenters. The number of piperidine rings is 2. The summed E-state index contributed by atoms with van der Waals surface area (Å²) >= 11 is 0. The van der Waals surface area contributed by atoms with E-state index in [0.717, 1.165) is 56.6 Å². The highest BCUT2D eigenvalue weighted by molar-refractivity contribution is 6.23. The number of alkyl halides is 2. The summed E-state index contributed by atoms with van der Waals surface area (Å²) in [5, 5.41) is 3.71. The fourth-order valence-electron chi connectivity index (χ4n) is 10.3. The Kier molecular flexibility index (Phi) is 11.0. The van der Waals surface area contributed by atoms with Crippen molar-refractivity contribution in [3.05, 3.63) is 101 Å². The van der Waals surface area contributed by atoms with E-state index in [9.17, 15) is 28.0 Å². The normalized spacial score (nSPS) is 20.8. The van der Waals surface area contributed by atoms with Gasteiger partial charge in [0.05, 0.1) is 23.7 Å². The van der Waals surface area contributed by atoms with Crippen molar-refractivity contribution in [2.45, 2.75) is 82.6 Å². The fourth-order valence-corrected chi connectivity index (χ4v) is 10.3. The van der Waals surface area contributed by atoms with Crippen LogP contribution in [0.15, 0.2) is 61.4 Å². The van der Waals surface area contributed by atoms with Crippen LogP contribution in [0.1, 0.15) is 93.2 Å². The van der Waals surface area contributed by atoms with Crippen LogP contribution in [0, 0.1) is 5.92 Å². The Bertz CT molecular complexity index is 2270. The second-order valence-electron chi connectivity index (χ2n) is 16.8. The van der Waals surface area contributed by atoms with Crippen LogP contribution in [-0.4, -0.2) is 123 Å². The van der Waals surface area contributed by atoms with Gasteiger partial charge in [0, 0.05) is 99.4 Å². The third-order valence-electron chi connectivity index (χ3n) is 13.4. The zero-order chi connectivity index (χ0) is 41.7. The van der Waals surface area contributed by atoms with Gasteiger partial charge < -0.3 is 20.1 Å². The number of aromatic amines is 1. The van der Waals surface area contributed by atoms with E-state index in [2.05, 4.69) is 32.7 Å². The third-order valence-corrected chi connectivity index (χ3v) is 13.4. The molecule has 7 heterocycles. The molecule has 0 saturated carbocycles. The predicted molar refractivity (Wildman–Crippen MR) is 221 cm³/mol. The Morgan fingerprint density at radius 2 is 1.62 bits per heavy atom. The molecule has 2 aromatic heterocycles. The number of imide groups is 1. The first-order valence-corrected chi connectivity index (χ1v) is 21.2. The van der Waals surface area contributed by atoms with Crippen LogP contribution in [0.2, 0.25) is 0 Å². The number of anilines is 1. The number of carbonyl (C=O) groups is 4. The molecule has 2 fully saturated rings. The molecule has 2 saturated heterocycles. The average molecular weight is 820 g/mol. The predicted octanol–water partition coefficient (Wildman–Crippen LogP) is 5.07. The Morgan fingerprint density at radius 1 is 0.950 bits per heavy atom. The van der Waals surface area contributed by atoms with Gasteiger partial charge in [-0.05, 0) is 79.8 Å². The summed E-state index contributed by atoms with van der Waals surface area (Å²) in [4.78, 5) is 75.9. The number of rotatable bonds is 11. The smallest absolute Gasteiger partial charge is 0.262 e. The molecule has 4 amide bonds. The number of hydrogen-bond acceptors (Lipinski definition) is 9. The Labute approximate surface area is 347 Å². The topological polar surface area (TPSA) is 138 Å². The minimum Gasteiger partial charge on any atom is -0.357 e. The standard InChI is InChI=1S/C45H51F2N9O4/c1-3-4-9-37(41(57)48-2)56-43(59)34-20-28-24-55(25-29(28)21-35(34)44(56)60)31-12-17-52(18-13-31)42(58)27-10-15-53(16-11-27)45-49-22-30(23-50-45)40-39-33(14-19-54(40)26-38(46)47)32-7-5-6-8-36(32)51-39/h3,5-8,20-23,27,31,37-38,40,51H,1,4,9-19,24-26H2,2H3,(H,48,57). The first-order chi connectivity index (χ1) is 29.1. The molecule has 9 rings (SSSR count). The maximum Gasteiger partial charge on any atom is 0.262 e. The summed E-state index contributed by atoms with van der Waals surface area (Å²) in [7, 11) is 1.50. The number of H-pyrrole nitrogens is 1. The van der Waals surface area contributed by atoms with E-state index in [1.165, 1.54) is 7.05 Å². The van der Waals surface area contributed by atoms with Gasteiger partial charge in [-0.2, -0.15) is 0 Å². The molecule has 2 N–H and O–H groups in total. The van der Waals surface area contributed by atoms with Crippen LogP contribution in [-0.2, 0) is 29.1 Å². The highest BCUT2D eigenvalue weighted by Gasteiger charge is 2.44. The molecule has 13 nitrogen and oxygen atoms in total. The molecule has 60 heavy (non-hydrogen) atoms. The second kappa shape index (κ2) is 16.5. The molecule has 314 valence electrons. The Balaban J connectivity index is 0.781. The number of aromatic nitrogens is 3. The summed E-state index contributed by atoms with van der Waals surface area (Å²) in [5.74, 6) is -0.535. The zero-order valence-corrected chi connectivity index (χ0v) is 33.9. The van der Waals surface area contributed by atoms with Crippen molar-refractivity contribution in [3.8, 4) is 0 Å². The summed E-state index contributed by atoms with van der Waals surface area (Å²) in [6, 6.07) is 10.7. The van der Waals surface area contributed by atoms with E-state index in [-0.39, 0.29) is 30.3 Å². The van der Waals surface area contributed by atoms with E-state index in [1.807, 2.05) is 40.1 Å². The molecule has 2 aromatic carbocycles. The van der Waals surface area contributed by atoms with Crippen LogP contribution >= 0.6 is 0 Å². The Morgan fingerprint density at radius 3 is 2.25 bits per heavy atom. The molecule has 0 bridgehead atoms. The van der Waals surface area contributed by atoms with Gasteiger partial charge in [-0.3, -0.25) is 33.9 Å². The number of likely N-dealkylation sites (tertiary alicyclic amines) is 1. The first-order valence-electron chi connectivity index (χ1n) is 21.2. The number of halogens is 2. The molecule has 0 aliphatic carbocycles. The van der Waals surface area contributed by atoms with E-state index in [0.29, 0.717) is 95.0 Å². The van der Waals surface area contributed by atoms with E-state index in [1.54, 1.807) is 18.5 Å². The average Bonchev–Trinajstić information content (AvgIpc) is 3.94. The first kappa shape index (κ1) is 39.9. The lowest BCUT2D eigenvalue weighted by atomic mass is 9.93. The summed E-state index contributed by atoms with van der Waals surface area (Å²) < 4.78 is 27.4. The lowest BCUT2D eigenvalue weighted by molar-refractivity contribution is -0.137. The molecule has 5 aliphatic rings. The van der Waals surface area contributed by atoms with E-state index in [4.69, 9.17) is 9.97 Å². The minimum absolute atomic E-state index is 0.0736. The quantitative estimate of drug-likeness (QED) is 0.157. The lowest BCUT2D eigenvalue weighted by Gasteiger charge is -2.39. The van der Waals surface area contributed by atoms with Gasteiger partial charge in [-0.15, -0.1) is 6.58 Å². The third kappa shape index (κ3) is 7.25. The number of nitrogens with zero attached hydrogens (tertiary/aromatic N) is 7. The Hall–Kier alpha value is -5.54. The van der Waals surface area contributed by atoms with Crippen molar-refractivity contribution in [1.82, 2.24) is 39.9 Å². The van der Waals surface area contributed by atoms with E-state index >= 15 is 0 Å². The van der Waals surface area contributed by atoms with Gasteiger partial charge in [0.2, 0.25) is 17.8 Å². The highest BCUT2D eigenvalue weighted by atomic mass is 19.3. The highest BCUT2D eigenvalue weighted by Crippen LogP contribution is 2.39. The fraction of sp³-hybridized carbons (Fsp3) is 0.467. The largest absolute Gasteiger partial charge is 0.357 e. The molecule has 4 aromatic rings. The van der Waals surface area contributed by atoms with Crippen molar-refractivity contribution in [2.24, 2.45) is 5.92 Å². The number of allylic oxidation sites excluding steroid dienone is 1. The lowest BCUT2D eigenvalue weighted by Crippen LogP contribution is -2.49. The van der Waals surface area contributed by atoms with Gasteiger partial charge in [-0.1, -0.05) is 24.3 Å². The molecule has 0 spiro atoms. The molecule has 0 radical (unpaired) electrons. The number of benzene rings is 2. The van der Waals surface area contributed by atoms with Crippen LogP contribution in [0.5, 0.6) is 0 Å². The van der Waals surface area contributed by atoms with Crippen molar-refractivity contribution < 1.29 is 28.0 Å². The molecule has 2 atom stereocenters. The number of hydrogen-bond donors (Lipinski definition) is 2. The molecule has 15 heteroatoms. The number of nitrogens with one attached hydrogen (secondary N) is 2. The summed E-state index contributed by atoms with van der Waals surface area (Å²) in [5.41, 5.74) is 6.60. The van der Waals surface area contributed by atoms with Crippen LogP contribution in [0.25, 0.3) is 10.9 Å². The van der Waals surface area contributed by atoms with Crippen molar-refractivity contribution >= 4 is 40.5 Å². The van der Waals surface area contributed by atoms with Gasteiger partial charge in [-0.25, -0.2) is 18.7 Å². The van der Waals surface area contributed by atoms with Crippen molar-refractivity contribution in [1.29, 1.82) is 0 Å². The molecular formula is C45H51F2N9O4. The number of likely N-dealkylation sites (N-methyl/N-ethyl adjacent to an activating group) is 1. The number of carbonyl (C=O) groups excluding carboxylic acids is 4. The zero-order valence-electron chi connectivity index (χ0n) is 33.9. The van der Waals surface area contributed by atoms with E-state index < -0.39 is 30.3 Å². The van der Waals surface area contributed by atoms with Crippen LogP contribution in [0.3, 0.4) is 0 Å². The minimum atomic E-state index is -2.46.